The molecule has 0 saturated carbocycles. The van der Waals surface area contributed by atoms with Crippen LogP contribution in [0.2, 0.25) is 0 Å². The van der Waals surface area contributed by atoms with Crippen LogP contribution in [0.1, 0.15) is 30.5 Å². The summed E-state index contributed by atoms with van der Waals surface area (Å²) in [7, 11) is 0. The molecule has 1 nitrogen and oxygen atoms in total. The molecule has 72 valence electrons. The first-order chi connectivity index (χ1) is 6.04. The van der Waals surface area contributed by atoms with Gasteiger partial charge in [0, 0.05) is 16.1 Å². The molecule has 1 aromatic rings. The summed E-state index contributed by atoms with van der Waals surface area (Å²) >= 11 is 3.12. The molecule has 0 radical (unpaired) electrons. The van der Waals surface area contributed by atoms with E-state index in [0.717, 1.165) is 0 Å². The van der Waals surface area contributed by atoms with Gasteiger partial charge in [0.05, 0.1) is 0 Å². The van der Waals surface area contributed by atoms with Crippen molar-refractivity contribution in [2.75, 3.05) is 0 Å². The SMILES string of the molecule is CC(N)c1cccc(C(F)F)c1Br. The third kappa shape index (κ3) is 2.25. The maximum absolute atomic E-state index is 12.4. The molecule has 0 saturated heterocycles. The van der Waals surface area contributed by atoms with E-state index < -0.39 is 6.43 Å². The summed E-state index contributed by atoms with van der Waals surface area (Å²) in [4.78, 5) is 0. The molecule has 0 spiro atoms. The second-order valence-corrected chi connectivity index (χ2v) is 3.63. The van der Waals surface area contributed by atoms with Gasteiger partial charge >= 0.3 is 0 Å². The van der Waals surface area contributed by atoms with E-state index in [-0.39, 0.29) is 11.6 Å². The highest BCUT2D eigenvalue weighted by molar-refractivity contribution is 9.10. The summed E-state index contributed by atoms with van der Waals surface area (Å²) in [6.45, 7) is 1.76. The predicted octanol–water partition coefficient (Wildman–Crippen LogP) is 3.41. The molecule has 0 aromatic heterocycles. The summed E-state index contributed by atoms with van der Waals surface area (Å²) in [6, 6.07) is 4.47. The average Bonchev–Trinajstić information content (AvgIpc) is 2.03. The number of rotatable bonds is 2. The fraction of sp³-hybridized carbons (Fsp3) is 0.333. The van der Waals surface area contributed by atoms with Gasteiger partial charge in [-0.25, -0.2) is 8.78 Å². The van der Waals surface area contributed by atoms with Crippen LogP contribution in [0.4, 0.5) is 8.78 Å². The van der Waals surface area contributed by atoms with E-state index in [1.807, 2.05) is 0 Å². The molecular weight excluding hydrogens is 240 g/mol. The Hall–Kier alpha value is -0.480. The van der Waals surface area contributed by atoms with Crippen molar-refractivity contribution in [1.29, 1.82) is 0 Å². The summed E-state index contributed by atoms with van der Waals surface area (Å²) in [5.74, 6) is 0. The Balaban J connectivity index is 3.18. The molecule has 4 heteroatoms. The average molecular weight is 250 g/mol. The Morgan fingerprint density at radius 2 is 1.85 bits per heavy atom. The smallest absolute Gasteiger partial charge is 0.264 e. The second-order valence-electron chi connectivity index (χ2n) is 2.84. The number of hydrogen-bond donors (Lipinski definition) is 1. The first kappa shape index (κ1) is 10.6. The van der Waals surface area contributed by atoms with E-state index in [9.17, 15) is 8.78 Å². The zero-order valence-corrected chi connectivity index (χ0v) is 8.68. The molecule has 0 heterocycles. The van der Waals surface area contributed by atoms with Gasteiger partial charge in [0.25, 0.3) is 6.43 Å². The molecule has 1 aromatic carbocycles. The topological polar surface area (TPSA) is 26.0 Å². The van der Waals surface area contributed by atoms with Gasteiger partial charge < -0.3 is 5.73 Å². The summed E-state index contributed by atoms with van der Waals surface area (Å²) in [5, 5.41) is 0. The zero-order valence-electron chi connectivity index (χ0n) is 7.10. The molecule has 13 heavy (non-hydrogen) atoms. The zero-order chi connectivity index (χ0) is 10.0. The van der Waals surface area contributed by atoms with Crippen molar-refractivity contribution >= 4 is 15.9 Å². The van der Waals surface area contributed by atoms with Gasteiger partial charge in [-0.2, -0.15) is 0 Å². The number of nitrogens with two attached hydrogens (primary N) is 1. The van der Waals surface area contributed by atoms with Crippen molar-refractivity contribution in [3.05, 3.63) is 33.8 Å². The number of alkyl halides is 2. The van der Waals surface area contributed by atoms with Crippen molar-refractivity contribution < 1.29 is 8.78 Å². The molecule has 1 rings (SSSR count). The van der Waals surface area contributed by atoms with Crippen LogP contribution >= 0.6 is 15.9 Å². The van der Waals surface area contributed by atoms with Crippen LogP contribution in [-0.2, 0) is 0 Å². The molecule has 1 unspecified atom stereocenters. The third-order valence-corrected chi connectivity index (χ3v) is 2.70. The van der Waals surface area contributed by atoms with E-state index in [2.05, 4.69) is 15.9 Å². The number of hydrogen-bond acceptors (Lipinski definition) is 1. The largest absolute Gasteiger partial charge is 0.324 e. The maximum Gasteiger partial charge on any atom is 0.264 e. The minimum atomic E-state index is -2.46. The minimum Gasteiger partial charge on any atom is -0.324 e. The molecule has 0 amide bonds. The maximum atomic E-state index is 12.4. The van der Waals surface area contributed by atoms with Crippen molar-refractivity contribution in [2.24, 2.45) is 5.73 Å². The molecular formula is C9H10BrF2N. The molecule has 0 bridgehead atoms. The predicted molar refractivity (Wildman–Crippen MR) is 51.7 cm³/mol. The van der Waals surface area contributed by atoms with Crippen molar-refractivity contribution in [2.45, 2.75) is 19.4 Å². The molecule has 0 aliphatic rings. The highest BCUT2D eigenvalue weighted by atomic mass is 79.9. The fourth-order valence-electron chi connectivity index (χ4n) is 1.09. The molecule has 0 aliphatic carbocycles. The van der Waals surface area contributed by atoms with Gasteiger partial charge in [-0.1, -0.05) is 18.2 Å². The molecule has 1 atom stereocenters. The minimum absolute atomic E-state index is 0.00481. The summed E-state index contributed by atoms with van der Waals surface area (Å²) in [5.41, 5.74) is 6.31. The van der Waals surface area contributed by atoms with Crippen molar-refractivity contribution in [1.82, 2.24) is 0 Å². The highest BCUT2D eigenvalue weighted by Gasteiger charge is 2.15. The quantitative estimate of drug-likeness (QED) is 0.855. The van der Waals surface area contributed by atoms with Gasteiger partial charge in [-0.05, 0) is 28.4 Å². The summed E-state index contributed by atoms with van der Waals surface area (Å²) < 4.78 is 25.2. The first-order valence-electron chi connectivity index (χ1n) is 3.86. The fourth-order valence-corrected chi connectivity index (χ4v) is 1.89. The van der Waals surface area contributed by atoms with Gasteiger partial charge in [-0.3, -0.25) is 0 Å². The van der Waals surface area contributed by atoms with Gasteiger partial charge in [0.2, 0.25) is 0 Å². The number of benzene rings is 1. The Kier molecular flexibility index (Phi) is 3.39. The standard InChI is InChI=1S/C9H10BrF2N/c1-5(13)6-3-2-4-7(8(6)10)9(11)12/h2-5,9H,13H2,1H3. The second kappa shape index (κ2) is 4.15. The van der Waals surface area contributed by atoms with E-state index >= 15 is 0 Å². The van der Waals surface area contributed by atoms with Gasteiger partial charge in [0.1, 0.15) is 0 Å². The van der Waals surface area contributed by atoms with Crippen molar-refractivity contribution in [3.8, 4) is 0 Å². The Morgan fingerprint density at radius 3 is 2.31 bits per heavy atom. The van der Waals surface area contributed by atoms with Crippen LogP contribution in [-0.4, -0.2) is 0 Å². The van der Waals surface area contributed by atoms with Crippen LogP contribution in [0.15, 0.2) is 22.7 Å². The lowest BCUT2D eigenvalue weighted by Crippen LogP contribution is -2.06. The van der Waals surface area contributed by atoms with Gasteiger partial charge in [0.15, 0.2) is 0 Å². The lowest BCUT2D eigenvalue weighted by Gasteiger charge is -2.11. The molecule has 0 fully saturated rings. The van der Waals surface area contributed by atoms with E-state index in [1.54, 1.807) is 19.1 Å². The molecule has 2 N–H and O–H groups in total. The van der Waals surface area contributed by atoms with Gasteiger partial charge in [-0.15, -0.1) is 0 Å². The first-order valence-corrected chi connectivity index (χ1v) is 4.65. The van der Waals surface area contributed by atoms with Crippen LogP contribution in [0.25, 0.3) is 0 Å². The monoisotopic (exact) mass is 249 g/mol. The highest BCUT2D eigenvalue weighted by Crippen LogP contribution is 2.32. The Morgan fingerprint density at radius 1 is 1.31 bits per heavy atom. The lowest BCUT2D eigenvalue weighted by atomic mass is 10.1. The van der Waals surface area contributed by atoms with Crippen LogP contribution in [0, 0.1) is 0 Å². The van der Waals surface area contributed by atoms with E-state index in [1.165, 1.54) is 6.07 Å². The van der Waals surface area contributed by atoms with Crippen LogP contribution in [0.5, 0.6) is 0 Å². The van der Waals surface area contributed by atoms with E-state index in [0.29, 0.717) is 10.0 Å². The number of halogens is 3. The lowest BCUT2D eigenvalue weighted by molar-refractivity contribution is 0.150. The molecule has 0 aliphatic heterocycles. The van der Waals surface area contributed by atoms with Crippen LogP contribution in [0.3, 0.4) is 0 Å². The van der Waals surface area contributed by atoms with Crippen molar-refractivity contribution in [3.63, 3.8) is 0 Å². The summed E-state index contributed by atoms with van der Waals surface area (Å²) in [6.07, 6.45) is -2.46. The normalized spacial score (nSPS) is 13.4. The Labute approximate surface area is 84.1 Å². The third-order valence-electron chi connectivity index (χ3n) is 1.78. The Bertz CT molecular complexity index is 273. The van der Waals surface area contributed by atoms with E-state index in [4.69, 9.17) is 5.73 Å². The van der Waals surface area contributed by atoms with Crippen LogP contribution < -0.4 is 5.73 Å².